The zero-order valence-electron chi connectivity index (χ0n) is 45.1. The Balaban J connectivity index is 0.0000000911. The largest absolute Gasteiger partial charge is 0.282 e. The quantitative estimate of drug-likeness (QED) is 0.134. The van der Waals surface area contributed by atoms with Crippen molar-refractivity contribution in [1.29, 1.82) is 0 Å². The highest BCUT2D eigenvalue weighted by molar-refractivity contribution is 9.11. The smallest absolute Gasteiger partial charge is 0.273 e. The van der Waals surface area contributed by atoms with E-state index in [0.717, 1.165) is 184 Å². The molecule has 0 fully saturated rings. The summed E-state index contributed by atoms with van der Waals surface area (Å²) >= 11 is 35.5. The molecular formula is C63H15Br6N9O6S9. The van der Waals surface area contributed by atoms with Crippen LogP contribution in [0.3, 0.4) is 0 Å². The lowest BCUT2D eigenvalue weighted by Crippen LogP contribution is -2.16. The Bertz CT molecular complexity index is 7610. The second-order valence-electron chi connectivity index (χ2n) is 22.4. The maximum absolute atomic E-state index is 13.7. The van der Waals surface area contributed by atoms with Crippen molar-refractivity contribution in [3.05, 3.63) is 176 Å². The second kappa shape index (κ2) is 18.4. The SMILES string of the molecule is O=c1c2cnc3c(=O)n4c(cc5scc(Br)c54)c4sc(c2c34)c2cc3scc(Br)c3n12.O=c1c2sc3c(=O)n4c(cc5scc(Br)c54)c4ncc(c2c34)c2cc3scc(Br)c3n12.O=c1c2sc3c4c(cnc(c24)c2cc4scc(Br)c4n12)c(=O)n1c3cc2scc(Br)c21. The number of fused-ring (bicyclic) bond motifs is 24. The van der Waals surface area contributed by atoms with Gasteiger partial charge in [0, 0.05) is 88.6 Å². The Morgan fingerprint density at radius 3 is 0.925 bits per heavy atom. The summed E-state index contributed by atoms with van der Waals surface area (Å²) in [5, 5.41) is 19.0. The van der Waals surface area contributed by atoms with Crippen LogP contribution in [0.15, 0.2) is 143 Å². The maximum atomic E-state index is 13.7. The maximum Gasteiger partial charge on any atom is 0.282 e. The van der Waals surface area contributed by atoms with Crippen molar-refractivity contribution in [3.8, 4) is 0 Å². The molecule has 0 aliphatic rings. The van der Waals surface area contributed by atoms with Crippen molar-refractivity contribution in [2.75, 3.05) is 0 Å². The van der Waals surface area contributed by atoms with Gasteiger partial charge in [-0.25, -0.2) is 4.98 Å². The summed E-state index contributed by atoms with van der Waals surface area (Å²) in [7, 11) is 0. The standard InChI is InChI=1S/3C21H5Br2N3O2S3/c22-7-4-29-11-1-9-18-13-6(20(27)25(9)16(7)11)3-24-15-14(13)19(31-18)10-2-12-17(8(23)5-30-12)26(10)21(15)28;22-7-4-29-11-1-9-15-14-13-6(3-24-15)20(27)26-10(2-12-17(26)8(23)5-30-12)18(13)31-19(14)21(28)25(9)16(7)11;22-7-4-29-11-1-9-6-3-24-15-10-2-12-17(8(23)5-30-12)26(10)21(28)19-14(15)13(6)18(31-19)20(27)25(9)16(7)11/h3*1-5H. The number of nitrogens with zero attached hydrogens (tertiary/aromatic N) is 9. The van der Waals surface area contributed by atoms with Crippen LogP contribution in [0.4, 0.5) is 0 Å². The minimum Gasteiger partial charge on any atom is -0.273 e. The molecule has 0 aliphatic heterocycles. The highest BCUT2D eigenvalue weighted by Crippen LogP contribution is 2.49. The lowest BCUT2D eigenvalue weighted by atomic mass is 10.1. The van der Waals surface area contributed by atoms with Gasteiger partial charge in [0.2, 0.25) is 0 Å². The van der Waals surface area contributed by atoms with Gasteiger partial charge in [0.15, 0.2) is 0 Å². The van der Waals surface area contributed by atoms with Gasteiger partial charge in [0.25, 0.3) is 33.4 Å². The van der Waals surface area contributed by atoms with E-state index < -0.39 is 0 Å². The molecule has 24 rings (SSSR count). The molecule has 24 aromatic heterocycles. The summed E-state index contributed by atoms with van der Waals surface area (Å²) in [6.45, 7) is 0. The average Bonchev–Trinajstić information content (AvgIpc) is 1.54. The van der Waals surface area contributed by atoms with Crippen molar-refractivity contribution in [1.82, 2.24) is 41.4 Å². The summed E-state index contributed by atoms with van der Waals surface area (Å²) in [6, 6.07) is 12.3. The lowest BCUT2D eigenvalue weighted by Gasteiger charge is -2.06. The van der Waals surface area contributed by atoms with Crippen LogP contribution >= 0.6 is 198 Å². The molecule has 0 atom stereocenters. The average molecular weight is 1760 g/mol. The number of hydrogen-bond donors (Lipinski definition) is 0. The minimum atomic E-state index is -0.148. The Morgan fingerprint density at radius 2 is 0.527 bits per heavy atom. The van der Waals surface area contributed by atoms with E-state index in [-0.39, 0.29) is 33.4 Å². The summed E-state index contributed by atoms with van der Waals surface area (Å²) < 4.78 is 27.0. The molecule has 24 aromatic rings. The van der Waals surface area contributed by atoms with Gasteiger partial charge in [0.05, 0.1) is 157 Å². The molecule has 0 N–H and O–H groups in total. The highest BCUT2D eigenvalue weighted by Gasteiger charge is 2.31. The van der Waals surface area contributed by atoms with Gasteiger partial charge in [-0.05, 0) is 132 Å². The van der Waals surface area contributed by atoms with Crippen LogP contribution in [-0.4, -0.2) is 41.4 Å². The molecule has 24 heterocycles. The van der Waals surface area contributed by atoms with Crippen LogP contribution in [0.25, 0.3) is 188 Å². The van der Waals surface area contributed by atoms with Gasteiger partial charge in [-0.3, -0.25) is 65.1 Å². The van der Waals surface area contributed by atoms with E-state index in [0.29, 0.717) is 30.4 Å². The van der Waals surface area contributed by atoms with Crippen molar-refractivity contribution in [3.63, 3.8) is 0 Å². The third-order valence-electron chi connectivity index (χ3n) is 18.0. The van der Waals surface area contributed by atoms with Crippen molar-refractivity contribution >= 4 is 385 Å². The predicted octanol–water partition coefficient (Wildman–Crippen LogP) is 20.0. The van der Waals surface area contributed by atoms with E-state index in [9.17, 15) is 28.8 Å². The third kappa shape index (κ3) is 6.55. The zero-order chi connectivity index (χ0) is 62.3. The van der Waals surface area contributed by atoms with E-state index in [1.807, 2.05) is 56.7 Å². The van der Waals surface area contributed by atoms with E-state index >= 15 is 0 Å². The number of rotatable bonds is 0. The number of pyridine rings is 9. The van der Waals surface area contributed by atoms with E-state index in [1.165, 1.54) is 22.7 Å². The molecule has 0 spiro atoms. The first-order chi connectivity index (χ1) is 45.1. The van der Waals surface area contributed by atoms with Crippen LogP contribution in [0.5, 0.6) is 0 Å². The fourth-order valence-electron chi connectivity index (χ4n) is 14.4. The lowest BCUT2D eigenvalue weighted by molar-refractivity contribution is 1.18. The van der Waals surface area contributed by atoms with Gasteiger partial charge < -0.3 is 0 Å². The van der Waals surface area contributed by atoms with E-state index in [2.05, 4.69) is 119 Å². The van der Waals surface area contributed by atoms with Gasteiger partial charge >= 0.3 is 0 Å². The summed E-state index contributed by atoms with van der Waals surface area (Å²) in [5.41, 5.74) is 11.6. The Morgan fingerprint density at radius 1 is 0.269 bits per heavy atom. The number of aromatic nitrogens is 9. The molecule has 0 aliphatic carbocycles. The van der Waals surface area contributed by atoms with Crippen molar-refractivity contribution in [2.24, 2.45) is 0 Å². The normalized spacial score (nSPS) is 13.1. The Kier molecular flexibility index (Phi) is 10.9. The van der Waals surface area contributed by atoms with Crippen LogP contribution in [-0.2, 0) is 0 Å². The monoisotopic (exact) mass is 1750 g/mol. The predicted molar refractivity (Wildman–Crippen MR) is 413 cm³/mol. The molecule has 0 aromatic carbocycles. The second-order valence-corrected chi connectivity index (χ2v) is 36.0. The third-order valence-corrected chi connectivity index (χ3v) is 32.6. The number of halogens is 6. The minimum absolute atomic E-state index is 0.0627. The first-order valence-corrected chi connectivity index (χ1v) is 40.0. The first-order valence-electron chi connectivity index (χ1n) is 27.5. The molecular weight excluding hydrogens is 1750 g/mol. The molecule has 0 unspecified atom stereocenters. The number of thiophene rings is 9. The fourth-order valence-corrected chi connectivity index (χ4v) is 28.0. The number of hydrogen-bond acceptors (Lipinski definition) is 18. The van der Waals surface area contributed by atoms with Gasteiger partial charge in [-0.2, -0.15) is 0 Å². The van der Waals surface area contributed by atoms with Crippen molar-refractivity contribution < 1.29 is 0 Å². The molecule has 0 bridgehead atoms. The van der Waals surface area contributed by atoms with Crippen LogP contribution in [0.1, 0.15) is 0 Å². The molecule has 444 valence electrons. The molecule has 0 saturated carbocycles. The molecule has 93 heavy (non-hydrogen) atoms. The van der Waals surface area contributed by atoms with Crippen molar-refractivity contribution in [2.45, 2.75) is 0 Å². The first kappa shape index (κ1) is 54.9. The van der Waals surface area contributed by atoms with Gasteiger partial charge in [-0.15, -0.1) is 102 Å². The molecule has 0 amide bonds. The Hall–Kier alpha value is -6.33. The fraction of sp³-hybridized carbons (Fsp3) is 0. The zero-order valence-corrected chi connectivity index (χ0v) is 61.9. The summed E-state index contributed by atoms with van der Waals surface area (Å²) in [4.78, 5) is 95.6. The summed E-state index contributed by atoms with van der Waals surface area (Å²) in [5.74, 6) is 0. The topological polar surface area (TPSA) is 168 Å². The molecule has 0 saturated heterocycles. The molecule has 15 nitrogen and oxygen atoms in total. The van der Waals surface area contributed by atoms with Gasteiger partial charge in [0.1, 0.15) is 19.6 Å². The molecule has 30 heteroatoms. The van der Waals surface area contributed by atoms with Crippen LogP contribution < -0.4 is 33.4 Å². The van der Waals surface area contributed by atoms with E-state index in [1.54, 1.807) is 118 Å². The molecule has 0 radical (unpaired) electrons. The Labute approximate surface area is 595 Å². The summed E-state index contributed by atoms with van der Waals surface area (Å²) in [6.07, 6.45) is 5.09. The van der Waals surface area contributed by atoms with Gasteiger partial charge in [-0.1, -0.05) is 0 Å². The van der Waals surface area contributed by atoms with E-state index in [4.69, 9.17) is 9.97 Å². The van der Waals surface area contributed by atoms with Crippen LogP contribution in [0, 0.1) is 0 Å². The highest BCUT2D eigenvalue weighted by atomic mass is 79.9. The van der Waals surface area contributed by atoms with Crippen LogP contribution in [0.2, 0.25) is 0 Å².